The van der Waals surface area contributed by atoms with E-state index in [4.69, 9.17) is 0 Å². The van der Waals surface area contributed by atoms with Gasteiger partial charge in [0.15, 0.2) is 0 Å². The molecule has 0 spiro atoms. The Bertz CT molecular complexity index is 1470. The minimum absolute atomic E-state index is 0.00762. The molecule has 5 aromatic rings. The lowest BCUT2D eigenvalue weighted by Gasteiger charge is -2.23. The summed E-state index contributed by atoms with van der Waals surface area (Å²) in [5.41, 5.74) is 9.61. The number of fused-ring (bicyclic) bond motifs is 6. The van der Waals surface area contributed by atoms with Crippen LogP contribution in [0.25, 0.3) is 43.8 Å². The predicted molar refractivity (Wildman–Crippen MR) is 129 cm³/mol. The van der Waals surface area contributed by atoms with Crippen LogP contribution in [-0.4, -0.2) is 0 Å². The molecule has 0 unspecified atom stereocenters. The van der Waals surface area contributed by atoms with Gasteiger partial charge in [0.2, 0.25) is 0 Å². The second-order valence-electron chi connectivity index (χ2n) is 9.11. The standard InChI is InChI=1S/C30H24/c1-19-16-28-29(25-11-7-6-10-24(19)25)26-15-14-23(18-27(26)30(28,2)3)22-13-12-20-8-4-5-9-21(20)17-22/h4-18H,1-3H3. The third-order valence-corrected chi connectivity index (χ3v) is 6.97. The van der Waals surface area contributed by atoms with Crippen LogP contribution in [0, 0.1) is 6.92 Å². The second-order valence-corrected chi connectivity index (χ2v) is 9.11. The van der Waals surface area contributed by atoms with Gasteiger partial charge < -0.3 is 0 Å². The fourth-order valence-electron chi connectivity index (χ4n) is 5.31. The van der Waals surface area contributed by atoms with Gasteiger partial charge in [-0.2, -0.15) is 0 Å². The van der Waals surface area contributed by atoms with E-state index in [1.54, 1.807) is 0 Å². The Balaban J connectivity index is 1.59. The van der Waals surface area contributed by atoms with Crippen molar-refractivity contribution < 1.29 is 0 Å². The summed E-state index contributed by atoms with van der Waals surface area (Å²) in [5.74, 6) is 0. The van der Waals surface area contributed by atoms with Crippen LogP contribution < -0.4 is 0 Å². The maximum absolute atomic E-state index is 2.42. The molecule has 0 saturated carbocycles. The summed E-state index contributed by atoms with van der Waals surface area (Å²) in [5, 5.41) is 5.31. The van der Waals surface area contributed by atoms with Crippen molar-refractivity contribution in [1.82, 2.24) is 0 Å². The van der Waals surface area contributed by atoms with E-state index in [9.17, 15) is 0 Å². The third kappa shape index (κ3) is 2.34. The first-order valence-corrected chi connectivity index (χ1v) is 10.7. The van der Waals surface area contributed by atoms with Crippen LogP contribution in [0.5, 0.6) is 0 Å². The van der Waals surface area contributed by atoms with Gasteiger partial charge in [-0.05, 0) is 79.5 Å². The van der Waals surface area contributed by atoms with Gasteiger partial charge in [0.05, 0.1) is 0 Å². The van der Waals surface area contributed by atoms with Crippen LogP contribution in [0.3, 0.4) is 0 Å². The molecule has 0 heteroatoms. The molecule has 0 amide bonds. The normalized spacial score (nSPS) is 14.1. The zero-order chi connectivity index (χ0) is 20.5. The molecule has 5 aromatic carbocycles. The predicted octanol–water partition coefficient (Wildman–Crippen LogP) is 8.27. The van der Waals surface area contributed by atoms with E-state index < -0.39 is 0 Å². The fraction of sp³-hybridized carbons (Fsp3) is 0.133. The van der Waals surface area contributed by atoms with Gasteiger partial charge in [-0.1, -0.05) is 92.7 Å². The summed E-state index contributed by atoms with van der Waals surface area (Å²) in [6.07, 6.45) is 0. The Morgan fingerprint density at radius 1 is 0.567 bits per heavy atom. The average Bonchev–Trinajstić information content (AvgIpc) is 3.00. The molecule has 0 aromatic heterocycles. The molecule has 0 heterocycles. The topological polar surface area (TPSA) is 0 Å². The average molecular weight is 385 g/mol. The van der Waals surface area contributed by atoms with E-state index in [2.05, 4.69) is 112 Å². The molecule has 30 heavy (non-hydrogen) atoms. The van der Waals surface area contributed by atoms with Crippen LogP contribution in [0.1, 0.15) is 30.5 Å². The van der Waals surface area contributed by atoms with Crippen molar-refractivity contribution in [2.45, 2.75) is 26.2 Å². The Kier molecular flexibility index (Phi) is 3.53. The summed E-state index contributed by atoms with van der Waals surface area (Å²) < 4.78 is 0. The SMILES string of the molecule is Cc1cc2c(c3ccccc13)-c1ccc(-c3ccc4ccccc4c3)cc1C2(C)C. The molecule has 0 atom stereocenters. The maximum Gasteiger partial charge on any atom is 0.0159 e. The monoisotopic (exact) mass is 384 g/mol. The number of benzene rings is 5. The van der Waals surface area contributed by atoms with Crippen LogP contribution in [0.4, 0.5) is 0 Å². The Morgan fingerprint density at radius 2 is 1.23 bits per heavy atom. The van der Waals surface area contributed by atoms with Crippen molar-refractivity contribution in [1.29, 1.82) is 0 Å². The Morgan fingerprint density at radius 3 is 2.07 bits per heavy atom. The first-order chi connectivity index (χ1) is 14.5. The molecular weight excluding hydrogens is 360 g/mol. The molecule has 0 aliphatic heterocycles. The van der Waals surface area contributed by atoms with Gasteiger partial charge in [0.1, 0.15) is 0 Å². The highest BCUT2D eigenvalue weighted by atomic mass is 14.4. The van der Waals surface area contributed by atoms with Gasteiger partial charge in [-0.25, -0.2) is 0 Å². The minimum atomic E-state index is -0.00762. The lowest BCUT2D eigenvalue weighted by atomic mass is 9.80. The van der Waals surface area contributed by atoms with Gasteiger partial charge in [0.25, 0.3) is 0 Å². The first-order valence-electron chi connectivity index (χ1n) is 10.7. The van der Waals surface area contributed by atoms with E-state index in [0.29, 0.717) is 0 Å². The molecule has 144 valence electrons. The van der Waals surface area contributed by atoms with Crippen molar-refractivity contribution >= 4 is 21.5 Å². The largest absolute Gasteiger partial charge is 0.0616 e. The molecule has 0 radical (unpaired) electrons. The smallest absolute Gasteiger partial charge is 0.0159 e. The van der Waals surface area contributed by atoms with Crippen molar-refractivity contribution in [2.75, 3.05) is 0 Å². The highest BCUT2D eigenvalue weighted by molar-refractivity contribution is 6.04. The van der Waals surface area contributed by atoms with Crippen molar-refractivity contribution in [3.05, 3.63) is 108 Å². The Labute approximate surface area is 177 Å². The zero-order valence-corrected chi connectivity index (χ0v) is 17.7. The summed E-state index contributed by atoms with van der Waals surface area (Å²) in [4.78, 5) is 0. The van der Waals surface area contributed by atoms with E-state index in [-0.39, 0.29) is 5.41 Å². The lowest BCUT2D eigenvalue weighted by molar-refractivity contribution is 0.660. The molecule has 0 saturated heterocycles. The van der Waals surface area contributed by atoms with Crippen molar-refractivity contribution in [3.8, 4) is 22.3 Å². The molecular formula is C30H24. The molecule has 0 nitrogen and oxygen atoms in total. The summed E-state index contributed by atoms with van der Waals surface area (Å²) in [6, 6.07) is 33.7. The van der Waals surface area contributed by atoms with Crippen molar-refractivity contribution in [2.24, 2.45) is 0 Å². The summed E-state index contributed by atoms with van der Waals surface area (Å²) in [6.45, 7) is 6.98. The van der Waals surface area contributed by atoms with Crippen LogP contribution in [-0.2, 0) is 5.41 Å². The van der Waals surface area contributed by atoms with Gasteiger partial charge in [0, 0.05) is 5.41 Å². The van der Waals surface area contributed by atoms with Gasteiger partial charge >= 0.3 is 0 Å². The molecule has 0 bridgehead atoms. The van der Waals surface area contributed by atoms with E-state index in [0.717, 1.165) is 0 Å². The Hall–Kier alpha value is -3.38. The lowest BCUT2D eigenvalue weighted by Crippen LogP contribution is -2.15. The maximum atomic E-state index is 2.42. The summed E-state index contributed by atoms with van der Waals surface area (Å²) in [7, 11) is 0. The minimum Gasteiger partial charge on any atom is -0.0616 e. The second kappa shape index (κ2) is 6.06. The number of aryl methyl sites for hydroxylation is 1. The summed E-state index contributed by atoms with van der Waals surface area (Å²) >= 11 is 0. The van der Waals surface area contributed by atoms with Crippen LogP contribution in [0.15, 0.2) is 91.0 Å². The number of hydrogen-bond donors (Lipinski definition) is 0. The molecule has 0 N–H and O–H groups in total. The molecule has 0 fully saturated rings. The van der Waals surface area contributed by atoms with Crippen LogP contribution in [0.2, 0.25) is 0 Å². The molecule has 1 aliphatic rings. The van der Waals surface area contributed by atoms with E-state index in [1.165, 1.54) is 60.5 Å². The van der Waals surface area contributed by atoms with Crippen LogP contribution >= 0.6 is 0 Å². The van der Waals surface area contributed by atoms with E-state index in [1.807, 2.05) is 0 Å². The van der Waals surface area contributed by atoms with Gasteiger partial charge in [-0.3, -0.25) is 0 Å². The highest BCUT2D eigenvalue weighted by Crippen LogP contribution is 2.52. The number of rotatable bonds is 1. The first kappa shape index (κ1) is 17.5. The zero-order valence-electron chi connectivity index (χ0n) is 17.7. The number of hydrogen-bond acceptors (Lipinski definition) is 0. The quantitative estimate of drug-likeness (QED) is 0.273. The van der Waals surface area contributed by atoms with E-state index >= 15 is 0 Å². The van der Waals surface area contributed by atoms with Gasteiger partial charge in [-0.15, -0.1) is 0 Å². The fourth-order valence-corrected chi connectivity index (χ4v) is 5.31. The van der Waals surface area contributed by atoms with Crippen molar-refractivity contribution in [3.63, 3.8) is 0 Å². The third-order valence-electron chi connectivity index (χ3n) is 6.97. The molecule has 1 aliphatic carbocycles. The molecule has 6 rings (SSSR count). The highest BCUT2D eigenvalue weighted by Gasteiger charge is 2.37.